The van der Waals surface area contributed by atoms with Crippen LogP contribution in [0, 0.1) is 0 Å². The minimum Gasteiger partial charge on any atom is -0.326 e. The lowest BCUT2D eigenvalue weighted by molar-refractivity contribution is 0.890. The first-order chi connectivity index (χ1) is 7.76. The van der Waals surface area contributed by atoms with E-state index in [4.69, 9.17) is 17.3 Å². The molecule has 0 saturated heterocycles. The molecule has 2 N–H and O–H groups in total. The van der Waals surface area contributed by atoms with E-state index in [2.05, 4.69) is 11.9 Å². The van der Waals surface area contributed by atoms with Crippen LogP contribution in [0.25, 0.3) is 5.69 Å². The van der Waals surface area contributed by atoms with Crippen molar-refractivity contribution in [3.8, 4) is 5.69 Å². The Balaban J connectivity index is 2.48. The zero-order valence-corrected chi connectivity index (χ0v) is 9.91. The molecule has 0 saturated carbocycles. The van der Waals surface area contributed by atoms with Gasteiger partial charge < -0.3 is 10.3 Å². The quantitative estimate of drug-likeness (QED) is 0.889. The molecule has 4 heteroatoms. The summed E-state index contributed by atoms with van der Waals surface area (Å²) in [6.45, 7) is 2.57. The first kappa shape index (κ1) is 11.2. The Morgan fingerprint density at radius 3 is 2.88 bits per heavy atom. The van der Waals surface area contributed by atoms with Crippen molar-refractivity contribution in [2.24, 2.45) is 5.73 Å². The van der Waals surface area contributed by atoms with Gasteiger partial charge in [-0.1, -0.05) is 24.6 Å². The van der Waals surface area contributed by atoms with E-state index in [1.165, 1.54) is 0 Å². The molecule has 2 aromatic rings. The number of nitrogens with two attached hydrogens (primary N) is 1. The highest BCUT2D eigenvalue weighted by Crippen LogP contribution is 2.23. The number of hydrogen-bond donors (Lipinski definition) is 1. The second-order valence-corrected chi connectivity index (χ2v) is 3.96. The molecule has 0 atom stereocenters. The topological polar surface area (TPSA) is 43.8 Å². The summed E-state index contributed by atoms with van der Waals surface area (Å²) in [5.41, 5.74) is 7.55. The standard InChI is InChI=1S/C12H14ClN3/c1-2-12-15-5-6-16(12)11-4-3-9(8-14)7-10(11)13/h3-7H,2,8,14H2,1H3. The second-order valence-electron chi connectivity index (χ2n) is 3.56. The number of nitrogens with zero attached hydrogens (tertiary/aromatic N) is 2. The van der Waals surface area contributed by atoms with Gasteiger partial charge in [-0.3, -0.25) is 0 Å². The Bertz CT molecular complexity index is 491. The van der Waals surface area contributed by atoms with Gasteiger partial charge in [0, 0.05) is 25.4 Å². The van der Waals surface area contributed by atoms with Crippen molar-refractivity contribution in [2.75, 3.05) is 0 Å². The van der Waals surface area contributed by atoms with E-state index in [0.717, 1.165) is 23.5 Å². The molecule has 1 aromatic heterocycles. The fraction of sp³-hybridized carbons (Fsp3) is 0.250. The van der Waals surface area contributed by atoms with Crippen LogP contribution < -0.4 is 5.73 Å². The molecule has 3 nitrogen and oxygen atoms in total. The lowest BCUT2D eigenvalue weighted by atomic mass is 10.2. The van der Waals surface area contributed by atoms with Gasteiger partial charge in [-0.2, -0.15) is 0 Å². The maximum Gasteiger partial charge on any atom is 0.112 e. The molecule has 0 radical (unpaired) electrons. The third-order valence-corrected chi connectivity index (χ3v) is 2.84. The third-order valence-electron chi connectivity index (χ3n) is 2.54. The first-order valence-electron chi connectivity index (χ1n) is 5.27. The van der Waals surface area contributed by atoms with Crippen molar-refractivity contribution in [2.45, 2.75) is 19.9 Å². The van der Waals surface area contributed by atoms with Gasteiger partial charge in [0.2, 0.25) is 0 Å². The number of hydrogen-bond acceptors (Lipinski definition) is 2. The highest BCUT2D eigenvalue weighted by atomic mass is 35.5. The van der Waals surface area contributed by atoms with Gasteiger partial charge in [0.1, 0.15) is 5.82 Å². The van der Waals surface area contributed by atoms with E-state index >= 15 is 0 Å². The van der Waals surface area contributed by atoms with Crippen molar-refractivity contribution in [3.63, 3.8) is 0 Å². The van der Waals surface area contributed by atoms with Gasteiger partial charge in [0.25, 0.3) is 0 Å². The molecule has 0 bridgehead atoms. The summed E-state index contributed by atoms with van der Waals surface area (Å²) in [6, 6.07) is 5.86. The predicted molar refractivity (Wildman–Crippen MR) is 65.8 cm³/mol. The summed E-state index contributed by atoms with van der Waals surface area (Å²) >= 11 is 6.22. The molecule has 0 fully saturated rings. The first-order valence-corrected chi connectivity index (χ1v) is 5.65. The van der Waals surface area contributed by atoms with Gasteiger partial charge in [0.15, 0.2) is 0 Å². The Hall–Kier alpha value is -1.32. The summed E-state index contributed by atoms with van der Waals surface area (Å²) in [4.78, 5) is 4.27. The van der Waals surface area contributed by atoms with Crippen LogP contribution in [0.15, 0.2) is 30.6 Å². The predicted octanol–water partition coefficient (Wildman–Crippen LogP) is 2.55. The molecule has 1 heterocycles. The van der Waals surface area contributed by atoms with E-state index in [9.17, 15) is 0 Å². The number of aryl methyl sites for hydroxylation is 1. The van der Waals surface area contributed by atoms with Crippen molar-refractivity contribution >= 4 is 11.6 Å². The smallest absolute Gasteiger partial charge is 0.112 e. The van der Waals surface area contributed by atoms with E-state index in [1.807, 2.05) is 29.0 Å². The van der Waals surface area contributed by atoms with Gasteiger partial charge in [0.05, 0.1) is 10.7 Å². The van der Waals surface area contributed by atoms with Crippen LogP contribution in [-0.2, 0) is 13.0 Å². The molecule has 0 aliphatic rings. The Morgan fingerprint density at radius 1 is 1.44 bits per heavy atom. The minimum atomic E-state index is 0.505. The third kappa shape index (κ3) is 1.96. The molecule has 2 rings (SSSR count). The fourth-order valence-electron chi connectivity index (χ4n) is 1.69. The number of aromatic nitrogens is 2. The maximum absolute atomic E-state index is 6.22. The number of imidazole rings is 1. The average molecular weight is 236 g/mol. The zero-order chi connectivity index (χ0) is 11.5. The van der Waals surface area contributed by atoms with E-state index in [1.54, 1.807) is 6.20 Å². The van der Waals surface area contributed by atoms with Crippen LogP contribution in [0.3, 0.4) is 0 Å². The van der Waals surface area contributed by atoms with Crippen LogP contribution in [0.1, 0.15) is 18.3 Å². The molecule has 0 aliphatic heterocycles. The summed E-state index contributed by atoms with van der Waals surface area (Å²) in [6.07, 6.45) is 4.58. The Morgan fingerprint density at radius 2 is 2.25 bits per heavy atom. The maximum atomic E-state index is 6.22. The summed E-state index contributed by atoms with van der Waals surface area (Å²) in [7, 11) is 0. The Kier molecular flexibility index (Phi) is 3.27. The van der Waals surface area contributed by atoms with Crippen LogP contribution in [-0.4, -0.2) is 9.55 Å². The molecule has 16 heavy (non-hydrogen) atoms. The summed E-state index contributed by atoms with van der Waals surface area (Å²) in [5, 5.41) is 0.704. The lowest BCUT2D eigenvalue weighted by Gasteiger charge is -2.09. The molecule has 1 aromatic carbocycles. The number of rotatable bonds is 3. The monoisotopic (exact) mass is 235 g/mol. The molecule has 84 valence electrons. The highest BCUT2D eigenvalue weighted by molar-refractivity contribution is 6.32. The van der Waals surface area contributed by atoms with Crippen molar-refractivity contribution in [1.82, 2.24) is 9.55 Å². The van der Waals surface area contributed by atoms with Gasteiger partial charge in [-0.25, -0.2) is 4.98 Å². The summed E-state index contributed by atoms with van der Waals surface area (Å²) in [5.74, 6) is 1.00. The molecular weight excluding hydrogens is 222 g/mol. The number of halogens is 1. The Labute approximate surface area is 99.9 Å². The van der Waals surface area contributed by atoms with E-state index < -0.39 is 0 Å². The van der Waals surface area contributed by atoms with Crippen LogP contribution >= 0.6 is 11.6 Å². The molecule has 0 spiro atoms. The van der Waals surface area contributed by atoms with Crippen molar-refractivity contribution in [3.05, 3.63) is 47.0 Å². The zero-order valence-electron chi connectivity index (χ0n) is 9.15. The van der Waals surface area contributed by atoms with Crippen molar-refractivity contribution < 1.29 is 0 Å². The van der Waals surface area contributed by atoms with Crippen molar-refractivity contribution in [1.29, 1.82) is 0 Å². The van der Waals surface area contributed by atoms with Gasteiger partial charge in [-0.05, 0) is 17.7 Å². The number of benzene rings is 1. The molecule has 0 unspecified atom stereocenters. The molecule has 0 amide bonds. The van der Waals surface area contributed by atoms with Gasteiger partial charge in [-0.15, -0.1) is 0 Å². The highest BCUT2D eigenvalue weighted by Gasteiger charge is 2.07. The second kappa shape index (κ2) is 4.68. The van der Waals surface area contributed by atoms with Gasteiger partial charge >= 0.3 is 0 Å². The largest absolute Gasteiger partial charge is 0.326 e. The van der Waals surface area contributed by atoms with E-state index in [0.29, 0.717) is 11.6 Å². The normalized spacial score (nSPS) is 10.7. The fourth-order valence-corrected chi connectivity index (χ4v) is 1.98. The SMILES string of the molecule is CCc1nccn1-c1ccc(CN)cc1Cl. The average Bonchev–Trinajstić information content (AvgIpc) is 2.76. The van der Waals surface area contributed by atoms with E-state index in [-0.39, 0.29) is 0 Å². The molecule has 0 aliphatic carbocycles. The summed E-state index contributed by atoms with van der Waals surface area (Å²) < 4.78 is 2.00. The molecular formula is C12H14ClN3. The van der Waals surface area contributed by atoms with Crippen LogP contribution in [0.5, 0.6) is 0 Å². The van der Waals surface area contributed by atoms with Crippen LogP contribution in [0.4, 0.5) is 0 Å². The van der Waals surface area contributed by atoms with Crippen LogP contribution in [0.2, 0.25) is 5.02 Å². The lowest BCUT2D eigenvalue weighted by Crippen LogP contribution is -2.01. The minimum absolute atomic E-state index is 0.505.